The molecule has 0 unspecified atom stereocenters. The lowest BCUT2D eigenvalue weighted by molar-refractivity contribution is 0.661. The van der Waals surface area contributed by atoms with Gasteiger partial charge in [0.05, 0.1) is 6.33 Å². The number of aliphatic imine (C=N–C) groups is 1. The molecule has 18 heavy (non-hydrogen) atoms. The van der Waals surface area contributed by atoms with Gasteiger partial charge in [0, 0.05) is 39.1 Å². The van der Waals surface area contributed by atoms with E-state index in [-0.39, 0.29) is 0 Å². The first-order valence-corrected chi connectivity index (χ1v) is 6.74. The summed E-state index contributed by atoms with van der Waals surface area (Å²) in [4.78, 5) is 8.18. The molecule has 0 aromatic carbocycles. The van der Waals surface area contributed by atoms with Gasteiger partial charge in [-0.15, -0.1) is 0 Å². The Bertz CT molecular complexity index is 461. The number of imidazole rings is 1. The quantitative estimate of drug-likeness (QED) is 0.632. The summed E-state index contributed by atoms with van der Waals surface area (Å²) in [5, 5.41) is 10.7. The van der Waals surface area contributed by atoms with Crippen molar-refractivity contribution in [1.29, 1.82) is 0 Å². The average molecular weight is 263 g/mol. The van der Waals surface area contributed by atoms with Crippen LogP contribution in [0.4, 0.5) is 0 Å². The van der Waals surface area contributed by atoms with Gasteiger partial charge in [-0.3, -0.25) is 4.99 Å². The second-order valence-electron chi connectivity index (χ2n) is 3.78. The SMILES string of the molecule is CN=C(NCCn1ccnc1)NCc1ccsc1. The monoisotopic (exact) mass is 263 g/mol. The molecule has 6 heteroatoms. The molecular weight excluding hydrogens is 246 g/mol. The van der Waals surface area contributed by atoms with Gasteiger partial charge in [0.2, 0.25) is 0 Å². The number of guanidine groups is 1. The minimum Gasteiger partial charge on any atom is -0.355 e. The second kappa shape index (κ2) is 6.80. The number of aromatic nitrogens is 2. The van der Waals surface area contributed by atoms with Gasteiger partial charge in [-0.1, -0.05) is 0 Å². The first-order valence-electron chi connectivity index (χ1n) is 5.80. The number of hydrogen-bond donors (Lipinski definition) is 2. The second-order valence-corrected chi connectivity index (χ2v) is 4.56. The average Bonchev–Trinajstić information content (AvgIpc) is 3.06. The Morgan fingerprint density at radius 3 is 3.11 bits per heavy atom. The van der Waals surface area contributed by atoms with E-state index in [1.807, 2.05) is 17.1 Å². The van der Waals surface area contributed by atoms with Crippen LogP contribution in [0, 0.1) is 0 Å². The molecule has 0 aliphatic rings. The van der Waals surface area contributed by atoms with E-state index in [1.54, 1.807) is 24.6 Å². The number of rotatable bonds is 5. The Morgan fingerprint density at radius 1 is 1.50 bits per heavy atom. The molecule has 0 atom stereocenters. The van der Waals surface area contributed by atoms with Gasteiger partial charge in [-0.2, -0.15) is 11.3 Å². The number of hydrogen-bond acceptors (Lipinski definition) is 3. The van der Waals surface area contributed by atoms with Crippen molar-refractivity contribution < 1.29 is 0 Å². The Labute approximate surface area is 111 Å². The van der Waals surface area contributed by atoms with Crippen LogP contribution in [0.25, 0.3) is 0 Å². The molecule has 2 aromatic rings. The van der Waals surface area contributed by atoms with Crippen molar-refractivity contribution >= 4 is 17.3 Å². The molecule has 0 aliphatic carbocycles. The molecule has 96 valence electrons. The van der Waals surface area contributed by atoms with Crippen molar-refractivity contribution in [3.05, 3.63) is 41.1 Å². The third-order valence-corrected chi connectivity index (χ3v) is 3.22. The van der Waals surface area contributed by atoms with Gasteiger partial charge in [-0.05, 0) is 22.4 Å². The molecule has 0 saturated heterocycles. The minimum atomic E-state index is 0.800. The number of nitrogens with one attached hydrogen (secondary N) is 2. The normalized spacial score (nSPS) is 11.5. The molecule has 0 fully saturated rings. The Morgan fingerprint density at radius 2 is 2.44 bits per heavy atom. The van der Waals surface area contributed by atoms with Crippen LogP contribution >= 0.6 is 11.3 Å². The lowest BCUT2D eigenvalue weighted by Crippen LogP contribution is -2.38. The van der Waals surface area contributed by atoms with Crippen LogP contribution in [-0.2, 0) is 13.1 Å². The summed E-state index contributed by atoms with van der Waals surface area (Å²) in [5.41, 5.74) is 1.28. The van der Waals surface area contributed by atoms with E-state index in [0.717, 1.165) is 25.6 Å². The summed E-state index contributed by atoms with van der Waals surface area (Å²) in [6, 6.07) is 2.11. The highest BCUT2D eigenvalue weighted by molar-refractivity contribution is 7.07. The third-order valence-electron chi connectivity index (χ3n) is 2.49. The lowest BCUT2D eigenvalue weighted by Gasteiger charge is -2.11. The van der Waals surface area contributed by atoms with E-state index in [1.165, 1.54) is 5.56 Å². The highest BCUT2D eigenvalue weighted by Crippen LogP contribution is 2.04. The largest absolute Gasteiger partial charge is 0.355 e. The molecule has 2 rings (SSSR count). The van der Waals surface area contributed by atoms with Crippen LogP contribution in [0.2, 0.25) is 0 Å². The van der Waals surface area contributed by atoms with Crippen molar-refractivity contribution in [2.45, 2.75) is 13.1 Å². The first kappa shape index (κ1) is 12.6. The zero-order valence-corrected chi connectivity index (χ0v) is 11.2. The predicted molar refractivity (Wildman–Crippen MR) is 74.7 cm³/mol. The van der Waals surface area contributed by atoms with Gasteiger partial charge < -0.3 is 15.2 Å². The van der Waals surface area contributed by atoms with Crippen molar-refractivity contribution in [3.8, 4) is 0 Å². The summed E-state index contributed by atoms with van der Waals surface area (Å²) in [5.74, 6) is 0.821. The van der Waals surface area contributed by atoms with Gasteiger partial charge in [-0.25, -0.2) is 4.98 Å². The van der Waals surface area contributed by atoms with Gasteiger partial charge in [0.1, 0.15) is 0 Å². The van der Waals surface area contributed by atoms with Crippen LogP contribution < -0.4 is 10.6 Å². The lowest BCUT2D eigenvalue weighted by atomic mass is 10.3. The molecule has 0 aliphatic heterocycles. The molecule has 5 nitrogen and oxygen atoms in total. The van der Waals surface area contributed by atoms with Crippen LogP contribution in [0.5, 0.6) is 0 Å². The fourth-order valence-corrected chi connectivity index (χ4v) is 2.19. The highest BCUT2D eigenvalue weighted by atomic mass is 32.1. The maximum absolute atomic E-state index is 4.18. The van der Waals surface area contributed by atoms with Crippen LogP contribution in [0.3, 0.4) is 0 Å². The molecule has 0 radical (unpaired) electrons. The van der Waals surface area contributed by atoms with E-state index in [2.05, 4.69) is 37.4 Å². The summed E-state index contributed by atoms with van der Waals surface area (Å²) < 4.78 is 2.03. The minimum absolute atomic E-state index is 0.800. The van der Waals surface area contributed by atoms with Crippen molar-refractivity contribution in [2.24, 2.45) is 4.99 Å². The van der Waals surface area contributed by atoms with Gasteiger partial charge >= 0.3 is 0 Å². The summed E-state index contributed by atoms with van der Waals surface area (Å²) >= 11 is 1.70. The molecule has 0 spiro atoms. The molecule has 2 N–H and O–H groups in total. The smallest absolute Gasteiger partial charge is 0.191 e. The highest BCUT2D eigenvalue weighted by Gasteiger charge is 1.98. The topological polar surface area (TPSA) is 54.2 Å². The number of thiophene rings is 1. The zero-order valence-electron chi connectivity index (χ0n) is 10.3. The number of nitrogens with zero attached hydrogens (tertiary/aromatic N) is 3. The van der Waals surface area contributed by atoms with Crippen LogP contribution in [0.1, 0.15) is 5.56 Å². The standard InChI is InChI=1S/C12H17N5S/c1-13-12(16-8-11-2-7-18-9-11)15-4-6-17-5-3-14-10-17/h2-3,5,7,9-10H,4,6,8H2,1H3,(H2,13,15,16). The van der Waals surface area contributed by atoms with E-state index in [0.29, 0.717) is 0 Å². The fraction of sp³-hybridized carbons (Fsp3) is 0.333. The van der Waals surface area contributed by atoms with E-state index >= 15 is 0 Å². The van der Waals surface area contributed by atoms with E-state index in [4.69, 9.17) is 0 Å². The molecule has 2 heterocycles. The molecular formula is C12H17N5S. The maximum Gasteiger partial charge on any atom is 0.191 e. The maximum atomic E-state index is 4.18. The Hall–Kier alpha value is -1.82. The first-order chi connectivity index (χ1) is 8.88. The van der Waals surface area contributed by atoms with Crippen molar-refractivity contribution in [1.82, 2.24) is 20.2 Å². The fourth-order valence-electron chi connectivity index (χ4n) is 1.52. The molecule has 0 amide bonds. The van der Waals surface area contributed by atoms with Gasteiger partial charge in [0.15, 0.2) is 5.96 Å². The summed E-state index contributed by atoms with van der Waals surface area (Å²) in [6.07, 6.45) is 5.54. The summed E-state index contributed by atoms with van der Waals surface area (Å²) in [6.45, 7) is 2.49. The third kappa shape index (κ3) is 3.89. The van der Waals surface area contributed by atoms with E-state index < -0.39 is 0 Å². The van der Waals surface area contributed by atoms with E-state index in [9.17, 15) is 0 Å². The predicted octanol–water partition coefficient (Wildman–Crippen LogP) is 1.31. The van der Waals surface area contributed by atoms with Crippen LogP contribution in [0.15, 0.2) is 40.5 Å². The summed E-state index contributed by atoms with van der Waals surface area (Å²) in [7, 11) is 1.78. The van der Waals surface area contributed by atoms with Crippen molar-refractivity contribution in [3.63, 3.8) is 0 Å². The van der Waals surface area contributed by atoms with Gasteiger partial charge in [0.25, 0.3) is 0 Å². The van der Waals surface area contributed by atoms with Crippen LogP contribution in [-0.4, -0.2) is 29.1 Å². The Kier molecular flexibility index (Phi) is 4.78. The molecule has 0 bridgehead atoms. The zero-order chi connectivity index (χ0) is 12.6. The molecule has 0 saturated carbocycles. The Balaban J connectivity index is 1.69. The molecule has 2 aromatic heterocycles. The van der Waals surface area contributed by atoms with Crippen molar-refractivity contribution in [2.75, 3.05) is 13.6 Å².